The molecule has 4 nitrogen and oxygen atoms in total. The van der Waals surface area contributed by atoms with Crippen LogP contribution in [0.25, 0.3) is 0 Å². The number of hydrogen-bond acceptors (Lipinski definition) is 2. The smallest absolute Gasteiger partial charge is 0.407 e. The summed E-state index contributed by atoms with van der Waals surface area (Å²) in [4.78, 5) is 12.0. The highest BCUT2D eigenvalue weighted by atomic mass is 16.4. The van der Waals surface area contributed by atoms with Gasteiger partial charge in [-0.1, -0.05) is 0 Å². The number of nitrogens with zero attached hydrogens (tertiary/aromatic N) is 1. The van der Waals surface area contributed by atoms with Gasteiger partial charge in [0.2, 0.25) is 0 Å². The maximum absolute atomic E-state index is 10.5. The number of likely N-dealkylation sites (tertiary alicyclic amines) is 1. The number of carboxylic acid groups (broad SMARTS) is 1. The lowest BCUT2D eigenvalue weighted by Crippen LogP contribution is -2.41. The second kappa shape index (κ2) is 3.76. The van der Waals surface area contributed by atoms with Crippen LogP contribution in [0.5, 0.6) is 0 Å². The van der Waals surface area contributed by atoms with Gasteiger partial charge in [0.1, 0.15) is 0 Å². The number of hydrogen-bond donors (Lipinski definition) is 2. The molecule has 4 heteroatoms. The standard InChI is InChI=1S/C8H16N2O2/c1-6(9)7-2-4-10(5-3-7)8(11)12/h6-7H,2-5,9H2,1H3,(H,11,12)/t6-/m1/s1. The topological polar surface area (TPSA) is 66.6 Å². The molecule has 0 spiro atoms. The van der Waals surface area contributed by atoms with E-state index in [0.717, 1.165) is 12.8 Å². The average molecular weight is 172 g/mol. The SMILES string of the molecule is C[C@@H](N)C1CCN(C(=O)O)CC1. The zero-order valence-electron chi connectivity index (χ0n) is 7.36. The van der Waals surface area contributed by atoms with Gasteiger partial charge >= 0.3 is 6.09 Å². The molecule has 0 aromatic carbocycles. The molecule has 0 bridgehead atoms. The van der Waals surface area contributed by atoms with Crippen LogP contribution in [-0.2, 0) is 0 Å². The molecule has 0 aliphatic carbocycles. The van der Waals surface area contributed by atoms with Crippen LogP contribution in [-0.4, -0.2) is 35.2 Å². The zero-order valence-corrected chi connectivity index (χ0v) is 7.36. The first-order valence-corrected chi connectivity index (χ1v) is 4.34. The summed E-state index contributed by atoms with van der Waals surface area (Å²) in [5, 5.41) is 8.66. The monoisotopic (exact) mass is 172 g/mol. The maximum Gasteiger partial charge on any atom is 0.407 e. The Hall–Kier alpha value is -0.770. The summed E-state index contributed by atoms with van der Waals surface area (Å²) < 4.78 is 0. The van der Waals surface area contributed by atoms with E-state index in [-0.39, 0.29) is 6.04 Å². The van der Waals surface area contributed by atoms with E-state index in [1.54, 1.807) is 0 Å². The number of piperidine rings is 1. The van der Waals surface area contributed by atoms with E-state index in [0.29, 0.717) is 19.0 Å². The first-order valence-electron chi connectivity index (χ1n) is 4.34. The minimum absolute atomic E-state index is 0.195. The van der Waals surface area contributed by atoms with Gasteiger partial charge in [-0.2, -0.15) is 0 Å². The molecule has 1 atom stereocenters. The third-order valence-electron chi connectivity index (χ3n) is 2.55. The van der Waals surface area contributed by atoms with Crippen molar-refractivity contribution in [3.05, 3.63) is 0 Å². The number of nitrogens with two attached hydrogens (primary N) is 1. The molecule has 1 rings (SSSR count). The van der Waals surface area contributed by atoms with Crippen molar-refractivity contribution in [3.63, 3.8) is 0 Å². The number of amides is 1. The Labute approximate surface area is 72.3 Å². The highest BCUT2D eigenvalue weighted by molar-refractivity contribution is 5.64. The molecule has 0 radical (unpaired) electrons. The Morgan fingerprint density at radius 2 is 2.08 bits per heavy atom. The van der Waals surface area contributed by atoms with Gasteiger partial charge in [0.25, 0.3) is 0 Å². The van der Waals surface area contributed by atoms with Crippen LogP contribution in [0.1, 0.15) is 19.8 Å². The van der Waals surface area contributed by atoms with Gasteiger partial charge in [-0.15, -0.1) is 0 Å². The van der Waals surface area contributed by atoms with Crippen LogP contribution < -0.4 is 5.73 Å². The van der Waals surface area contributed by atoms with Crippen molar-refractivity contribution in [1.82, 2.24) is 4.90 Å². The first-order chi connectivity index (χ1) is 5.61. The van der Waals surface area contributed by atoms with Crippen molar-refractivity contribution in [1.29, 1.82) is 0 Å². The van der Waals surface area contributed by atoms with E-state index >= 15 is 0 Å². The van der Waals surface area contributed by atoms with Crippen molar-refractivity contribution >= 4 is 6.09 Å². The molecular weight excluding hydrogens is 156 g/mol. The largest absolute Gasteiger partial charge is 0.465 e. The van der Waals surface area contributed by atoms with Gasteiger partial charge in [-0.25, -0.2) is 4.79 Å². The Kier molecular flexibility index (Phi) is 2.92. The summed E-state index contributed by atoms with van der Waals surface area (Å²) in [5.41, 5.74) is 5.72. The predicted molar refractivity (Wildman–Crippen MR) is 46.0 cm³/mol. The summed E-state index contributed by atoms with van der Waals surface area (Å²) >= 11 is 0. The molecule has 0 aromatic heterocycles. The zero-order chi connectivity index (χ0) is 9.14. The number of carbonyl (C=O) groups is 1. The van der Waals surface area contributed by atoms with Gasteiger partial charge in [-0.3, -0.25) is 0 Å². The highest BCUT2D eigenvalue weighted by Gasteiger charge is 2.23. The second-order valence-corrected chi connectivity index (χ2v) is 3.47. The minimum atomic E-state index is -0.807. The van der Waals surface area contributed by atoms with Crippen LogP contribution in [0.2, 0.25) is 0 Å². The maximum atomic E-state index is 10.5. The van der Waals surface area contributed by atoms with Crippen LogP contribution in [0, 0.1) is 5.92 Å². The van der Waals surface area contributed by atoms with Gasteiger partial charge < -0.3 is 15.7 Å². The summed E-state index contributed by atoms with van der Waals surface area (Å²) in [7, 11) is 0. The van der Waals surface area contributed by atoms with Crippen LogP contribution >= 0.6 is 0 Å². The highest BCUT2D eigenvalue weighted by Crippen LogP contribution is 2.19. The van der Waals surface area contributed by atoms with Crippen molar-refractivity contribution in [2.75, 3.05) is 13.1 Å². The van der Waals surface area contributed by atoms with Crippen molar-refractivity contribution in [2.45, 2.75) is 25.8 Å². The normalized spacial score (nSPS) is 22.3. The molecule has 0 unspecified atom stereocenters. The van der Waals surface area contributed by atoms with Crippen LogP contribution in [0.3, 0.4) is 0 Å². The molecule has 1 amide bonds. The lowest BCUT2D eigenvalue weighted by Gasteiger charge is -2.31. The molecule has 1 saturated heterocycles. The van der Waals surface area contributed by atoms with Crippen LogP contribution in [0.4, 0.5) is 4.79 Å². The van der Waals surface area contributed by atoms with Gasteiger partial charge in [-0.05, 0) is 25.7 Å². The summed E-state index contributed by atoms with van der Waals surface area (Å²) in [6.07, 6.45) is 1.01. The third kappa shape index (κ3) is 2.11. The molecular formula is C8H16N2O2. The average Bonchev–Trinajstić information content (AvgIpc) is 2.04. The van der Waals surface area contributed by atoms with E-state index in [4.69, 9.17) is 10.8 Å². The van der Waals surface area contributed by atoms with E-state index in [2.05, 4.69) is 0 Å². The molecule has 1 aliphatic rings. The third-order valence-corrected chi connectivity index (χ3v) is 2.55. The predicted octanol–water partition coefficient (Wildman–Crippen LogP) is 0.724. The fourth-order valence-electron chi connectivity index (χ4n) is 1.62. The van der Waals surface area contributed by atoms with E-state index in [9.17, 15) is 4.79 Å². The summed E-state index contributed by atoms with van der Waals surface area (Å²) in [5.74, 6) is 0.501. The quantitative estimate of drug-likeness (QED) is 0.612. The summed E-state index contributed by atoms with van der Waals surface area (Å²) in [6, 6.07) is 0.195. The van der Waals surface area contributed by atoms with E-state index < -0.39 is 6.09 Å². The molecule has 12 heavy (non-hydrogen) atoms. The van der Waals surface area contributed by atoms with Gasteiger partial charge in [0, 0.05) is 19.1 Å². The Morgan fingerprint density at radius 3 is 2.42 bits per heavy atom. The molecule has 70 valence electrons. The Bertz CT molecular complexity index is 162. The van der Waals surface area contributed by atoms with Crippen molar-refractivity contribution < 1.29 is 9.90 Å². The molecule has 1 aliphatic heterocycles. The Balaban J connectivity index is 2.34. The molecule has 0 saturated carbocycles. The lowest BCUT2D eigenvalue weighted by atomic mass is 9.91. The van der Waals surface area contributed by atoms with E-state index in [1.165, 1.54) is 4.90 Å². The molecule has 1 heterocycles. The molecule has 3 N–H and O–H groups in total. The summed E-state index contributed by atoms with van der Waals surface area (Å²) in [6.45, 7) is 3.27. The Morgan fingerprint density at radius 1 is 1.58 bits per heavy atom. The fourth-order valence-corrected chi connectivity index (χ4v) is 1.62. The van der Waals surface area contributed by atoms with Crippen molar-refractivity contribution in [3.8, 4) is 0 Å². The second-order valence-electron chi connectivity index (χ2n) is 3.47. The van der Waals surface area contributed by atoms with Gasteiger partial charge in [0.15, 0.2) is 0 Å². The number of rotatable bonds is 1. The van der Waals surface area contributed by atoms with E-state index in [1.807, 2.05) is 6.92 Å². The van der Waals surface area contributed by atoms with Crippen molar-refractivity contribution in [2.24, 2.45) is 11.7 Å². The lowest BCUT2D eigenvalue weighted by molar-refractivity contribution is 0.121. The minimum Gasteiger partial charge on any atom is -0.465 e. The molecule has 0 aromatic rings. The first kappa shape index (κ1) is 9.32. The van der Waals surface area contributed by atoms with Gasteiger partial charge in [0.05, 0.1) is 0 Å². The van der Waals surface area contributed by atoms with Crippen LogP contribution in [0.15, 0.2) is 0 Å². The fraction of sp³-hybridized carbons (Fsp3) is 0.875. The molecule has 1 fully saturated rings.